The first kappa shape index (κ1) is 16.8. The van der Waals surface area contributed by atoms with Crippen molar-refractivity contribution in [3.63, 3.8) is 0 Å². The van der Waals surface area contributed by atoms with Gasteiger partial charge in [0.05, 0.1) is 5.69 Å². The molecule has 0 atom stereocenters. The number of nitrogens with one attached hydrogen (secondary N) is 1. The summed E-state index contributed by atoms with van der Waals surface area (Å²) in [5.74, 6) is 0. The number of nitrogens with zero attached hydrogens (tertiary/aromatic N) is 1. The molecule has 2 nitrogen and oxygen atoms in total. The molecule has 0 bridgehead atoms. The van der Waals surface area contributed by atoms with Gasteiger partial charge in [-0.15, -0.1) is 11.3 Å². The lowest BCUT2D eigenvalue weighted by molar-refractivity contribution is 1.19. The molecule has 1 aromatic heterocycles. The van der Waals surface area contributed by atoms with Crippen molar-refractivity contribution >= 4 is 33.8 Å². The highest BCUT2D eigenvalue weighted by molar-refractivity contribution is 7.14. The van der Waals surface area contributed by atoms with Crippen molar-refractivity contribution in [2.24, 2.45) is 0 Å². The van der Waals surface area contributed by atoms with Gasteiger partial charge >= 0.3 is 0 Å². The van der Waals surface area contributed by atoms with Crippen LogP contribution < -0.4 is 5.32 Å². The van der Waals surface area contributed by atoms with Crippen LogP contribution in [-0.4, -0.2) is 4.98 Å². The standard InChI is InChI=1S/C22H17ClN2S/c23-19-11-9-18(10-12-19)21-15-26-22(25-21)24-20-8-4-7-17(14-20)13-16-5-2-1-3-6-16/h1-12,14-15H,13H2,(H,24,25). The maximum atomic E-state index is 5.95. The van der Waals surface area contributed by atoms with E-state index in [1.165, 1.54) is 11.1 Å². The first-order valence-corrected chi connectivity index (χ1v) is 9.63. The number of thiazole rings is 1. The van der Waals surface area contributed by atoms with E-state index >= 15 is 0 Å². The zero-order valence-electron chi connectivity index (χ0n) is 14.0. The number of hydrogen-bond acceptors (Lipinski definition) is 3. The van der Waals surface area contributed by atoms with E-state index in [0.717, 1.165) is 33.5 Å². The lowest BCUT2D eigenvalue weighted by atomic mass is 10.0. The van der Waals surface area contributed by atoms with Gasteiger partial charge < -0.3 is 5.32 Å². The summed E-state index contributed by atoms with van der Waals surface area (Å²) in [5.41, 5.74) is 5.65. The molecule has 4 aromatic rings. The second kappa shape index (κ2) is 7.73. The molecule has 0 radical (unpaired) electrons. The highest BCUT2D eigenvalue weighted by Crippen LogP contribution is 2.28. The third kappa shape index (κ3) is 4.13. The second-order valence-electron chi connectivity index (χ2n) is 6.03. The van der Waals surface area contributed by atoms with Crippen LogP contribution in [0, 0.1) is 0 Å². The van der Waals surface area contributed by atoms with Crippen molar-refractivity contribution in [2.75, 3.05) is 5.32 Å². The molecule has 4 heteroatoms. The Labute approximate surface area is 162 Å². The smallest absolute Gasteiger partial charge is 0.187 e. The molecule has 0 unspecified atom stereocenters. The van der Waals surface area contributed by atoms with Crippen LogP contribution in [0.4, 0.5) is 10.8 Å². The lowest BCUT2D eigenvalue weighted by Crippen LogP contribution is -1.93. The summed E-state index contributed by atoms with van der Waals surface area (Å²) in [6.07, 6.45) is 0.921. The van der Waals surface area contributed by atoms with Gasteiger partial charge in [0.25, 0.3) is 0 Å². The quantitative estimate of drug-likeness (QED) is 0.414. The SMILES string of the molecule is Clc1ccc(-c2csc(Nc3cccc(Cc4ccccc4)c3)n2)cc1. The third-order valence-corrected chi connectivity index (χ3v) is 5.08. The van der Waals surface area contributed by atoms with Crippen LogP contribution in [0.5, 0.6) is 0 Å². The molecule has 0 saturated heterocycles. The molecule has 26 heavy (non-hydrogen) atoms. The molecule has 4 rings (SSSR count). The fourth-order valence-electron chi connectivity index (χ4n) is 2.80. The van der Waals surface area contributed by atoms with Crippen molar-refractivity contribution in [2.45, 2.75) is 6.42 Å². The van der Waals surface area contributed by atoms with Crippen molar-refractivity contribution in [3.05, 3.63) is 100 Å². The van der Waals surface area contributed by atoms with E-state index in [9.17, 15) is 0 Å². The summed E-state index contributed by atoms with van der Waals surface area (Å²) in [4.78, 5) is 4.68. The van der Waals surface area contributed by atoms with E-state index in [1.54, 1.807) is 11.3 Å². The van der Waals surface area contributed by atoms with Crippen LogP contribution in [0.2, 0.25) is 5.02 Å². The van der Waals surface area contributed by atoms with Gasteiger partial charge in [-0.05, 0) is 41.8 Å². The Morgan fingerprint density at radius 3 is 2.42 bits per heavy atom. The largest absolute Gasteiger partial charge is 0.332 e. The minimum absolute atomic E-state index is 0.734. The molecule has 3 aromatic carbocycles. The van der Waals surface area contributed by atoms with Crippen molar-refractivity contribution < 1.29 is 0 Å². The number of aromatic nitrogens is 1. The first-order valence-electron chi connectivity index (χ1n) is 8.38. The van der Waals surface area contributed by atoms with Crippen LogP contribution in [0.3, 0.4) is 0 Å². The number of benzene rings is 3. The highest BCUT2D eigenvalue weighted by atomic mass is 35.5. The van der Waals surface area contributed by atoms with Crippen LogP contribution in [0.25, 0.3) is 11.3 Å². The third-order valence-electron chi connectivity index (χ3n) is 4.07. The zero-order valence-corrected chi connectivity index (χ0v) is 15.6. The van der Waals surface area contributed by atoms with Crippen LogP contribution in [0.1, 0.15) is 11.1 Å². The van der Waals surface area contributed by atoms with Crippen LogP contribution in [-0.2, 0) is 6.42 Å². The zero-order chi connectivity index (χ0) is 17.8. The highest BCUT2D eigenvalue weighted by Gasteiger charge is 2.06. The Morgan fingerprint density at radius 1 is 0.846 bits per heavy atom. The number of anilines is 2. The molecule has 1 heterocycles. The van der Waals surface area contributed by atoms with Crippen molar-refractivity contribution in [3.8, 4) is 11.3 Å². The van der Waals surface area contributed by atoms with Crippen LogP contribution in [0.15, 0.2) is 84.2 Å². The van der Waals surface area contributed by atoms with E-state index in [1.807, 2.05) is 30.3 Å². The van der Waals surface area contributed by atoms with Crippen LogP contribution >= 0.6 is 22.9 Å². The van der Waals surface area contributed by atoms with Gasteiger partial charge in [0, 0.05) is 21.7 Å². The number of rotatable bonds is 5. The average molecular weight is 377 g/mol. The molecule has 0 fully saturated rings. The molecule has 0 amide bonds. The topological polar surface area (TPSA) is 24.9 Å². The maximum Gasteiger partial charge on any atom is 0.187 e. The summed E-state index contributed by atoms with van der Waals surface area (Å²) in [6, 6.07) is 26.7. The molecule has 0 saturated carbocycles. The molecule has 0 spiro atoms. The average Bonchev–Trinajstić information content (AvgIpc) is 3.12. The fourth-order valence-corrected chi connectivity index (χ4v) is 3.66. The predicted molar refractivity (Wildman–Crippen MR) is 112 cm³/mol. The second-order valence-corrected chi connectivity index (χ2v) is 7.33. The van der Waals surface area contributed by atoms with E-state index in [-0.39, 0.29) is 0 Å². The summed E-state index contributed by atoms with van der Waals surface area (Å²) in [7, 11) is 0. The normalized spacial score (nSPS) is 10.7. The number of halogens is 1. The van der Waals surface area contributed by atoms with E-state index in [2.05, 4.69) is 64.2 Å². The molecule has 1 N–H and O–H groups in total. The molecule has 0 aliphatic carbocycles. The Morgan fingerprint density at radius 2 is 1.62 bits per heavy atom. The molecule has 0 aliphatic rings. The molecule has 0 aliphatic heterocycles. The van der Waals surface area contributed by atoms with E-state index in [0.29, 0.717) is 0 Å². The van der Waals surface area contributed by atoms with E-state index < -0.39 is 0 Å². The lowest BCUT2D eigenvalue weighted by Gasteiger charge is -2.06. The summed E-state index contributed by atoms with van der Waals surface area (Å²) in [5, 5.41) is 7.08. The van der Waals surface area contributed by atoms with Gasteiger partial charge in [-0.25, -0.2) is 4.98 Å². The van der Waals surface area contributed by atoms with Gasteiger partial charge in [-0.2, -0.15) is 0 Å². The maximum absolute atomic E-state index is 5.95. The number of hydrogen-bond donors (Lipinski definition) is 1. The summed E-state index contributed by atoms with van der Waals surface area (Å²) < 4.78 is 0. The van der Waals surface area contributed by atoms with Gasteiger partial charge in [-0.3, -0.25) is 0 Å². The van der Waals surface area contributed by atoms with Crippen molar-refractivity contribution in [1.29, 1.82) is 0 Å². The molecular weight excluding hydrogens is 360 g/mol. The van der Waals surface area contributed by atoms with Gasteiger partial charge in [0.15, 0.2) is 5.13 Å². The minimum atomic E-state index is 0.734. The van der Waals surface area contributed by atoms with E-state index in [4.69, 9.17) is 11.6 Å². The van der Waals surface area contributed by atoms with Gasteiger partial charge in [0.1, 0.15) is 0 Å². The Hall–Kier alpha value is -2.62. The summed E-state index contributed by atoms with van der Waals surface area (Å²) in [6.45, 7) is 0. The predicted octanol–water partition coefficient (Wildman–Crippen LogP) is 6.80. The Kier molecular flexibility index (Phi) is 5.00. The van der Waals surface area contributed by atoms with Gasteiger partial charge in [0.2, 0.25) is 0 Å². The Bertz CT molecular complexity index is 994. The Balaban J connectivity index is 1.49. The molecular formula is C22H17ClN2S. The monoisotopic (exact) mass is 376 g/mol. The first-order chi connectivity index (χ1) is 12.8. The molecule has 128 valence electrons. The van der Waals surface area contributed by atoms with Gasteiger partial charge in [-0.1, -0.05) is 66.2 Å². The van der Waals surface area contributed by atoms with Crippen molar-refractivity contribution in [1.82, 2.24) is 4.98 Å². The summed E-state index contributed by atoms with van der Waals surface area (Å²) >= 11 is 7.55. The minimum Gasteiger partial charge on any atom is -0.332 e. The fraction of sp³-hybridized carbons (Fsp3) is 0.0455.